The van der Waals surface area contributed by atoms with Gasteiger partial charge in [0.1, 0.15) is 0 Å². The largest absolute Gasteiger partial charge is 0.310 e. The Balaban J connectivity index is 1.18. The average Bonchev–Trinajstić information content (AvgIpc) is 3.50. The van der Waals surface area contributed by atoms with E-state index < -0.39 is 0 Å². The van der Waals surface area contributed by atoms with Crippen LogP contribution in [0.25, 0.3) is 64.0 Å². The average molecular weight is 604 g/mol. The van der Waals surface area contributed by atoms with Crippen LogP contribution >= 0.6 is 11.3 Å². The lowest BCUT2D eigenvalue weighted by atomic mass is 10.00. The highest BCUT2D eigenvalue weighted by Gasteiger charge is 2.16. The third kappa shape index (κ3) is 4.72. The first-order valence-corrected chi connectivity index (χ1v) is 16.5. The second-order valence-electron chi connectivity index (χ2n) is 11.8. The first kappa shape index (κ1) is 26.7. The molecule has 0 fully saturated rings. The van der Waals surface area contributed by atoms with Gasteiger partial charge in [-0.2, -0.15) is 0 Å². The van der Waals surface area contributed by atoms with Crippen molar-refractivity contribution in [1.29, 1.82) is 0 Å². The van der Waals surface area contributed by atoms with Gasteiger partial charge in [0.15, 0.2) is 0 Å². The zero-order valence-electron chi connectivity index (χ0n) is 25.1. The fourth-order valence-corrected chi connectivity index (χ4v) is 7.83. The molecule has 0 saturated carbocycles. The van der Waals surface area contributed by atoms with Crippen LogP contribution < -0.4 is 4.90 Å². The second-order valence-corrected chi connectivity index (χ2v) is 12.9. The van der Waals surface area contributed by atoms with Gasteiger partial charge < -0.3 is 4.90 Å². The smallest absolute Gasteiger partial charge is 0.0468 e. The molecule has 9 aromatic rings. The van der Waals surface area contributed by atoms with Gasteiger partial charge in [-0.3, -0.25) is 0 Å². The topological polar surface area (TPSA) is 3.24 Å². The molecule has 0 atom stereocenters. The summed E-state index contributed by atoms with van der Waals surface area (Å²) in [5, 5.41) is 7.62. The zero-order chi connectivity index (χ0) is 30.5. The number of anilines is 3. The molecule has 8 aromatic carbocycles. The van der Waals surface area contributed by atoms with E-state index >= 15 is 0 Å². The van der Waals surface area contributed by atoms with Gasteiger partial charge in [-0.15, -0.1) is 11.3 Å². The van der Waals surface area contributed by atoms with Gasteiger partial charge in [0, 0.05) is 37.2 Å². The molecule has 0 amide bonds. The molecule has 0 spiro atoms. The monoisotopic (exact) mass is 603 g/mol. The third-order valence-corrected chi connectivity index (χ3v) is 10.1. The lowest BCUT2D eigenvalue weighted by molar-refractivity contribution is 1.29. The molecule has 0 saturated heterocycles. The lowest BCUT2D eigenvalue weighted by Crippen LogP contribution is -2.10. The lowest BCUT2D eigenvalue weighted by Gasteiger charge is -2.27. The predicted molar refractivity (Wildman–Crippen MR) is 200 cm³/mol. The molecular weight excluding hydrogens is 575 g/mol. The first-order valence-electron chi connectivity index (χ1n) is 15.7. The van der Waals surface area contributed by atoms with Crippen molar-refractivity contribution in [3.63, 3.8) is 0 Å². The highest BCUT2D eigenvalue weighted by atomic mass is 32.1. The van der Waals surface area contributed by atoms with Crippen LogP contribution in [0, 0.1) is 0 Å². The van der Waals surface area contributed by atoms with Gasteiger partial charge in [-0.05, 0) is 98.4 Å². The Kier molecular flexibility index (Phi) is 6.40. The number of rotatable bonds is 5. The molecule has 0 aliphatic carbocycles. The maximum Gasteiger partial charge on any atom is 0.0468 e. The summed E-state index contributed by atoms with van der Waals surface area (Å²) in [7, 11) is 0. The van der Waals surface area contributed by atoms with Crippen molar-refractivity contribution in [3.8, 4) is 22.3 Å². The molecule has 0 radical (unpaired) electrons. The second kappa shape index (κ2) is 11.0. The number of hydrogen-bond acceptors (Lipinski definition) is 2. The highest BCUT2D eigenvalue weighted by molar-refractivity contribution is 7.25. The van der Waals surface area contributed by atoms with Gasteiger partial charge in [0.05, 0.1) is 0 Å². The van der Waals surface area contributed by atoms with Crippen molar-refractivity contribution in [2.45, 2.75) is 0 Å². The molecule has 0 unspecified atom stereocenters. The highest BCUT2D eigenvalue weighted by Crippen LogP contribution is 2.41. The fraction of sp³-hybridized carbons (Fsp3) is 0. The fourth-order valence-electron chi connectivity index (χ4n) is 6.69. The minimum absolute atomic E-state index is 1.12. The van der Waals surface area contributed by atoms with E-state index in [1.165, 1.54) is 64.0 Å². The van der Waals surface area contributed by atoms with E-state index in [-0.39, 0.29) is 0 Å². The summed E-state index contributed by atoms with van der Waals surface area (Å²) in [6, 6.07) is 64.1. The number of fused-ring (bicyclic) bond motifs is 5. The van der Waals surface area contributed by atoms with Crippen molar-refractivity contribution in [2.24, 2.45) is 0 Å². The van der Waals surface area contributed by atoms with Crippen LogP contribution in [-0.2, 0) is 0 Å². The van der Waals surface area contributed by atoms with Crippen LogP contribution in [0.5, 0.6) is 0 Å². The molecule has 46 heavy (non-hydrogen) atoms. The quantitative estimate of drug-likeness (QED) is 0.189. The maximum atomic E-state index is 2.39. The van der Waals surface area contributed by atoms with Crippen LogP contribution in [0.15, 0.2) is 176 Å². The molecule has 0 aliphatic heterocycles. The third-order valence-electron chi connectivity index (χ3n) is 8.99. The van der Waals surface area contributed by atoms with Crippen LogP contribution in [-0.4, -0.2) is 0 Å². The minimum Gasteiger partial charge on any atom is -0.310 e. The van der Waals surface area contributed by atoms with E-state index in [9.17, 15) is 0 Å². The predicted octanol–water partition coefficient (Wildman–Crippen LogP) is 13.2. The maximum absolute atomic E-state index is 2.39. The van der Waals surface area contributed by atoms with E-state index in [0.717, 1.165) is 17.1 Å². The van der Waals surface area contributed by atoms with E-state index in [4.69, 9.17) is 0 Å². The number of hydrogen-bond donors (Lipinski definition) is 0. The van der Waals surface area contributed by atoms with Gasteiger partial charge in [-0.25, -0.2) is 0 Å². The molecule has 0 N–H and O–H groups in total. The Morgan fingerprint density at radius 3 is 1.57 bits per heavy atom. The Labute approximate surface area is 272 Å². The van der Waals surface area contributed by atoms with E-state index in [2.05, 4.69) is 181 Å². The van der Waals surface area contributed by atoms with Crippen molar-refractivity contribution in [1.82, 2.24) is 0 Å². The van der Waals surface area contributed by atoms with Crippen molar-refractivity contribution in [2.75, 3.05) is 4.90 Å². The summed E-state index contributed by atoms with van der Waals surface area (Å²) >= 11 is 1.87. The van der Waals surface area contributed by atoms with E-state index in [0.29, 0.717) is 0 Å². The van der Waals surface area contributed by atoms with Gasteiger partial charge in [-0.1, -0.05) is 121 Å². The Morgan fingerprint density at radius 1 is 0.304 bits per heavy atom. The van der Waals surface area contributed by atoms with Crippen molar-refractivity contribution in [3.05, 3.63) is 176 Å². The summed E-state index contributed by atoms with van der Waals surface area (Å²) in [6.07, 6.45) is 0. The van der Waals surface area contributed by atoms with Crippen LogP contribution in [0.4, 0.5) is 17.1 Å². The Bertz CT molecular complexity index is 2560. The van der Waals surface area contributed by atoms with E-state index in [1.807, 2.05) is 11.3 Å². The zero-order valence-corrected chi connectivity index (χ0v) is 25.9. The first-order chi connectivity index (χ1) is 22.8. The molecule has 1 heterocycles. The minimum atomic E-state index is 1.12. The Hall–Kier alpha value is -5.70. The summed E-state index contributed by atoms with van der Waals surface area (Å²) in [5.74, 6) is 0. The number of nitrogens with zero attached hydrogens (tertiary/aromatic N) is 1. The Morgan fingerprint density at radius 2 is 0.826 bits per heavy atom. The molecule has 1 aromatic heterocycles. The van der Waals surface area contributed by atoms with Crippen molar-refractivity contribution < 1.29 is 0 Å². The SMILES string of the molecule is c1cc(-c2ccc3ccccc3c2)cc(N(c2cccc(-c3ccc4c(c3)sc3ccccc34)c2)c2ccc3ccccc3c2)c1. The normalized spacial score (nSPS) is 11.5. The molecule has 9 rings (SSSR count). The molecule has 216 valence electrons. The molecule has 1 nitrogen and oxygen atoms in total. The van der Waals surface area contributed by atoms with Gasteiger partial charge in [0.2, 0.25) is 0 Å². The molecular formula is C44H29NS. The van der Waals surface area contributed by atoms with Crippen LogP contribution in [0.1, 0.15) is 0 Å². The summed E-state index contributed by atoms with van der Waals surface area (Å²) < 4.78 is 2.65. The number of thiophene rings is 1. The van der Waals surface area contributed by atoms with Gasteiger partial charge >= 0.3 is 0 Å². The summed E-state index contributed by atoms with van der Waals surface area (Å²) in [5.41, 5.74) is 8.21. The van der Waals surface area contributed by atoms with Crippen LogP contribution in [0.3, 0.4) is 0 Å². The molecule has 2 heteroatoms. The van der Waals surface area contributed by atoms with E-state index in [1.54, 1.807) is 0 Å². The van der Waals surface area contributed by atoms with Crippen LogP contribution in [0.2, 0.25) is 0 Å². The van der Waals surface area contributed by atoms with Gasteiger partial charge in [0.25, 0.3) is 0 Å². The van der Waals surface area contributed by atoms with Crippen molar-refractivity contribution >= 4 is 70.1 Å². The standard InChI is InChI=1S/C44H29NS/c1-3-11-32-25-36(20-19-30(32)9-1)34-13-7-15-38(27-34)45(40-23-21-31-10-2-4-12-33(31)26-40)39-16-8-14-35(28-39)37-22-24-42-41-17-5-6-18-43(41)46-44(42)29-37/h1-29H. The molecule has 0 aliphatic rings. The number of benzene rings is 8. The summed E-state index contributed by atoms with van der Waals surface area (Å²) in [4.78, 5) is 2.39. The summed E-state index contributed by atoms with van der Waals surface area (Å²) in [6.45, 7) is 0. The molecule has 0 bridgehead atoms.